The van der Waals surface area contributed by atoms with E-state index in [4.69, 9.17) is 4.74 Å². The summed E-state index contributed by atoms with van der Waals surface area (Å²) in [5.74, 6) is -4.32. The minimum atomic E-state index is -2.85. The number of carboxylic acids is 1. The van der Waals surface area contributed by atoms with Gasteiger partial charge >= 0.3 is 12.1 Å². The molecule has 11 nitrogen and oxygen atoms in total. The highest BCUT2D eigenvalue weighted by molar-refractivity contribution is 5.94. The van der Waals surface area contributed by atoms with E-state index in [2.05, 4.69) is 31.2 Å². The molecule has 202 valence electrons. The molecule has 13 heteroatoms. The predicted molar refractivity (Wildman–Crippen MR) is 132 cm³/mol. The van der Waals surface area contributed by atoms with Crippen molar-refractivity contribution in [3.8, 4) is 0 Å². The molecule has 2 bridgehead atoms. The third-order valence-corrected chi connectivity index (χ3v) is 6.84. The summed E-state index contributed by atoms with van der Waals surface area (Å²) in [4.78, 5) is 42.1. The Morgan fingerprint density at radius 1 is 1.27 bits per heavy atom. The number of alkyl carbamates (subject to hydrolysis) is 1. The second kappa shape index (κ2) is 11.2. The smallest absolute Gasteiger partial charge is 0.407 e. The number of ether oxygens (including phenoxy) is 1. The number of guanidine groups is 1. The summed E-state index contributed by atoms with van der Waals surface area (Å²) in [5.41, 5.74) is 1.70. The molecule has 3 aliphatic heterocycles. The van der Waals surface area contributed by atoms with Crippen LogP contribution in [-0.4, -0.2) is 79.3 Å². The highest BCUT2D eigenvalue weighted by Crippen LogP contribution is 2.42. The minimum absolute atomic E-state index is 0.107. The number of nitrogens with one attached hydrogen (secondary N) is 4. The molecular formula is C24H32F2N6O5. The fraction of sp³-hybridized carbons (Fsp3) is 0.583. The van der Waals surface area contributed by atoms with Crippen LogP contribution in [0.4, 0.5) is 25.0 Å². The van der Waals surface area contributed by atoms with Gasteiger partial charge in [-0.05, 0) is 50.8 Å². The van der Waals surface area contributed by atoms with Crippen molar-refractivity contribution in [3.63, 3.8) is 0 Å². The van der Waals surface area contributed by atoms with Gasteiger partial charge in [-0.3, -0.25) is 4.79 Å². The Kier molecular flexibility index (Phi) is 7.98. The maximum Gasteiger partial charge on any atom is 0.407 e. The molecule has 2 unspecified atom stereocenters. The van der Waals surface area contributed by atoms with Crippen molar-refractivity contribution < 1.29 is 33.0 Å². The number of amides is 2. The predicted octanol–water partition coefficient (Wildman–Crippen LogP) is 1.76. The average Bonchev–Trinajstić information content (AvgIpc) is 3.12. The lowest BCUT2D eigenvalue weighted by molar-refractivity contribution is -0.139. The van der Waals surface area contributed by atoms with Crippen molar-refractivity contribution in [1.82, 2.24) is 16.0 Å². The molecule has 0 aromatic heterocycles. The lowest BCUT2D eigenvalue weighted by Crippen LogP contribution is -2.51. The molecule has 2 amide bonds. The Morgan fingerprint density at radius 2 is 2.00 bits per heavy atom. The van der Waals surface area contributed by atoms with Gasteiger partial charge in [-0.15, -0.1) is 0 Å². The molecule has 3 atom stereocenters. The number of hydrogen-bond donors (Lipinski definition) is 5. The van der Waals surface area contributed by atoms with Crippen LogP contribution >= 0.6 is 0 Å². The molecule has 0 radical (unpaired) electrons. The number of anilines is 2. The number of alkyl halides is 2. The summed E-state index contributed by atoms with van der Waals surface area (Å²) in [6, 6.07) is 6.65. The maximum atomic E-state index is 13.3. The molecule has 5 N–H and O–H groups in total. The van der Waals surface area contributed by atoms with Gasteiger partial charge in [0.1, 0.15) is 12.6 Å². The monoisotopic (exact) mass is 522 g/mol. The van der Waals surface area contributed by atoms with Gasteiger partial charge in [0.05, 0.1) is 13.2 Å². The zero-order chi connectivity index (χ0) is 26.6. The number of carboxylic acid groups (broad SMARTS) is 1. The highest BCUT2D eigenvalue weighted by Gasteiger charge is 2.43. The van der Waals surface area contributed by atoms with Crippen molar-refractivity contribution in [2.45, 2.75) is 56.7 Å². The number of rotatable bonds is 8. The van der Waals surface area contributed by atoms with Crippen LogP contribution in [0.3, 0.4) is 0 Å². The largest absolute Gasteiger partial charge is 0.480 e. The van der Waals surface area contributed by atoms with Crippen LogP contribution in [0.1, 0.15) is 32.6 Å². The SMILES string of the molecule is CCOC(=O)N[C@@H](CNC(=O)C1CC2CCC(C1)N2c1cccc(NC2=NCC(F)(F)CN2)c1)C(=O)O. The van der Waals surface area contributed by atoms with Crippen molar-refractivity contribution in [2.24, 2.45) is 10.9 Å². The normalized spacial score (nSPS) is 24.8. The Labute approximate surface area is 213 Å². The number of aliphatic imine (C=N–C) groups is 1. The van der Waals surface area contributed by atoms with Crippen molar-refractivity contribution in [2.75, 3.05) is 36.5 Å². The van der Waals surface area contributed by atoms with Gasteiger partial charge in [-0.2, -0.15) is 0 Å². The summed E-state index contributed by atoms with van der Waals surface area (Å²) < 4.78 is 31.4. The lowest BCUT2D eigenvalue weighted by Gasteiger charge is -2.40. The van der Waals surface area contributed by atoms with Crippen molar-refractivity contribution >= 4 is 35.3 Å². The van der Waals surface area contributed by atoms with E-state index in [1.165, 1.54) is 0 Å². The van der Waals surface area contributed by atoms with Crippen LogP contribution < -0.4 is 26.2 Å². The Balaban J connectivity index is 1.34. The highest BCUT2D eigenvalue weighted by atomic mass is 19.3. The Bertz CT molecular complexity index is 1040. The first-order valence-electron chi connectivity index (χ1n) is 12.4. The van der Waals surface area contributed by atoms with Crippen LogP contribution in [0.2, 0.25) is 0 Å². The molecule has 1 aromatic carbocycles. The van der Waals surface area contributed by atoms with E-state index in [-0.39, 0.29) is 37.1 Å². The van der Waals surface area contributed by atoms with Gasteiger partial charge in [0, 0.05) is 35.9 Å². The van der Waals surface area contributed by atoms with Gasteiger partial charge < -0.3 is 36.0 Å². The summed E-state index contributed by atoms with van der Waals surface area (Å²) in [6.45, 7) is 0.449. The van der Waals surface area contributed by atoms with Gasteiger partial charge in [0.15, 0.2) is 5.96 Å². The van der Waals surface area contributed by atoms with E-state index >= 15 is 0 Å². The van der Waals surface area contributed by atoms with Crippen molar-refractivity contribution in [3.05, 3.63) is 24.3 Å². The number of halogens is 2. The van der Waals surface area contributed by atoms with Gasteiger partial charge in [0.25, 0.3) is 5.92 Å². The molecule has 3 aliphatic rings. The minimum Gasteiger partial charge on any atom is -0.480 e. The van der Waals surface area contributed by atoms with Gasteiger partial charge in [-0.25, -0.2) is 23.4 Å². The topological polar surface area (TPSA) is 144 Å². The lowest BCUT2D eigenvalue weighted by atomic mass is 9.89. The third kappa shape index (κ3) is 6.57. The molecule has 1 aromatic rings. The number of hydrogen-bond acceptors (Lipinski definition) is 8. The molecule has 2 fully saturated rings. The molecule has 37 heavy (non-hydrogen) atoms. The molecule has 0 aliphatic carbocycles. The number of piperidine rings is 1. The van der Waals surface area contributed by atoms with E-state index < -0.39 is 37.1 Å². The van der Waals surface area contributed by atoms with E-state index in [1.54, 1.807) is 6.92 Å². The number of aliphatic carboxylic acids is 1. The summed E-state index contributed by atoms with van der Waals surface area (Å²) in [6.07, 6.45) is 2.24. The molecule has 0 saturated carbocycles. The van der Waals surface area contributed by atoms with Gasteiger partial charge in [0.2, 0.25) is 5.91 Å². The zero-order valence-electron chi connectivity index (χ0n) is 20.5. The Morgan fingerprint density at radius 3 is 2.62 bits per heavy atom. The van der Waals surface area contributed by atoms with Crippen LogP contribution in [0, 0.1) is 5.92 Å². The fourth-order valence-corrected chi connectivity index (χ4v) is 5.16. The number of fused-ring (bicyclic) bond motifs is 2. The number of carbonyl (C=O) groups is 3. The van der Waals surface area contributed by atoms with Gasteiger partial charge in [-0.1, -0.05) is 6.07 Å². The second-order valence-corrected chi connectivity index (χ2v) is 9.51. The number of benzene rings is 1. The van der Waals surface area contributed by atoms with E-state index in [1.807, 2.05) is 24.3 Å². The second-order valence-electron chi connectivity index (χ2n) is 9.51. The first kappa shape index (κ1) is 26.4. The zero-order valence-corrected chi connectivity index (χ0v) is 20.5. The molecule has 4 rings (SSSR count). The average molecular weight is 523 g/mol. The van der Waals surface area contributed by atoms with E-state index in [0.717, 1.165) is 24.2 Å². The van der Waals surface area contributed by atoms with Crippen LogP contribution in [-0.2, 0) is 14.3 Å². The van der Waals surface area contributed by atoms with Crippen LogP contribution in [0.5, 0.6) is 0 Å². The first-order valence-corrected chi connectivity index (χ1v) is 12.4. The number of carbonyl (C=O) groups excluding carboxylic acids is 2. The molecule has 0 spiro atoms. The third-order valence-electron chi connectivity index (χ3n) is 6.84. The van der Waals surface area contributed by atoms with Crippen LogP contribution in [0.15, 0.2) is 29.3 Å². The van der Waals surface area contributed by atoms with E-state index in [0.29, 0.717) is 18.8 Å². The number of nitrogens with zero attached hydrogens (tertiary/aromatic N) is 2. The standard InChI is InChI=1S/C24H32F2N6O5/c1-2-37-23(36)31-19(21(34)35)11-27-20(33)14-8-17-6-7-18(9-14)32(17)16-5-3-4-15(10-16)30-22-28-12-24(25,26)13-29-22/h3-5,10,14,17-19H,2,6-9,11-13H2,1H3,(H,27,33)(H,31,36)(H,34,35)(H2,28,29,30)/t14?,17?,18?,19-/m0/s1. The summed E-state index contributed by atoms with van der Waals surface area (Å²) in [5, 5.41) is 19.9. The summed E-state index contributed by atoms with van der Waals surface area (Å²) in [7, 11) is 0. The Hall–Kier alpha value is -3.64. The molecular weight excluding hydrogens is 490 g/mol. The molecule has 2 saturated heterocycles. The summed E-state index contributed by atoms with van der Waals surface area (Å²) >= 11 is 0. The fourth-order valence-electron chi connectivity index (χ4n) is 5.16. The van der Waals surface area contributed by atoms with E-state index in [9.17, 15) is 28.3 Å². The molecule has 3 heterocycles. The quantitative estimate of drug-likeness (QED) is 0.347. The maximum absolute atomic E-state index is 13.3. The first-order chi connectivity index (χ1) is 17.6. The van der Waals surface area contributed by atoms with Crippen molar-refractivity contribution in [1.29, 1.82) is 0 Å². The van der Waals surface area contributed by atoms with Crippen LogP contribution in [0.25, 0.3) is 0 Å².